The average Bonchev–Trinajstić information content (AvgIpc) is 2.16. The Morgan fingerprint density at radius 2 is 1.00 bits per heavy atom. The van der Waals surface area contributed by atoms with Gasteiger partial charge in [-0.3, -0.25) is 0 Å². The minimum absolute atomic E-state index is 0.952. The van der Waals surface area contributed by atoms with E-state index in [1.807, 2.05) is 7.05 Å². The molecule has 0 aromatic heterocycles. The fraction of sp³-hybridized carbons (Fsp3) is 1.00. The van der Waals surface area contributed by atoms with Crippen LogP contribution in [0.15, 0.2) is 0 Å². The summed E-state index contributed by atoms with van der Waals surface area (Å²) in [5.41, 5.74) is 0. The smallest absolute Gasteiger partial charge is 0.417 e. The maximum Gasteiger partial charge on any atom is 0.469 e. The molecule has 0 fully saturated rings. The molecule has 0 unspecified atom stereocenters. The van der Waals surface area contributed by atoms with Gasteiger partial charge < -0.3 is 17.7 Å². The predicted molar refractivity (Wildman–Crippen MR) is 107 cm³/mol. The molecule has 134 valence electrons. The summed E-state index contributed by atoms with van der Waals surface area (Å²) in [5.74, 6) is 0. The van der Waals surface area contributed by atoms with E-state index >= 15 is 0 Å². The van der Waals surface area contributed by atoms with Gasteiger partial charge in [-0.1, -0.05) is 0 Å². The van der Waals surface area contributed by atoms with Gasteiger partial charge in [0.05, 0.1) is 0 Å². The topological polar surface area (TPSA) is 39.7 Å². The molecule has 0 amide bonds. The summed E-state index contributed by atoms with van der Waals surface area (Å²) in [5, 5.41) is 3.22. The minimum atomic E-state index is -2.59. The molecule has 0 saturated heterocycles. The van der Waals surface area contributed by atoms with Crippen molar-refractivity contribution in [3.63, 3.8) is 0 Å². The van der Waals surface area contributed by atoms with Gasteiger partial charge in [-0.05, 0) is 85.4 Å². The second-order valence-electron chi connectivity index (χ2n) is 8.89. The van der Waals surface area contributed by atoms with Gasteiger partial charge in [-0.15, -0.1) is 0 Å². The Kier molecular flexibility index (Phi) is 8.98. The lowest BCUT2D eigenvalue weighted by Crippen LogP contribution is -2.60. The van der Waals surface area contributed by atoms with Crippen LogP contribution in [0.5, 0.6) is 0 Å². The predicted octanol–water partition coefficient (Wildman–Crippen LogP) is 4.48. The molecule has 0 aliphatic carbocycles. The minimum Gasteiger partial charge on any atom is -0.417 e. The molecule has 0 heterocycles. The molecule has 0 aliphatic heterocycles. The van der Waals surface area contributed by atoms with Crippen LogP contribution in [-0.2, 0) is 12.3 Å². The van der Waals surface area contributed by atoms with Crippen LogP contribution in [0, 0.1) is 0 Å². The molecule has 0 radical (unpaired) electrons. The second kappa shape index (κ2) is 8.70. The van der Waals surface area contributed by atoms with Crippen LogP contribution >= 0.6 is 0 Å². The Labute approximate surface area is 143 Å². The van der Waals surface area contributed by atoms with E-state index in [-0.39, 0.29) is 0 Å². The first-order valence-electron chi connectivity index (χ1n) is 8.43. The van der Waals surface area contributed by atoms with E-state index in [2.05, 4.69) is 64.2 Å². The van der Waals surface area contributed by atoms with Gasteiger partial charge >= 0.3 is 8.80 Å². The van der Waals surface area contributed by atoms with E-state index < -0.39 is 33.8 Å². The van der Waals surface area contributed by atoms with E-state index in [0.717, 1.165) is 25.4 Å². The first kappa shape index (κ1) is 22.7. The third-order valence-corrected chi connectivity index (χ3v) is 14.6. The zero-order valence-corrected chi connectivity index (χ0v) is 20.6. The van der Waals surface area contributed by atoms with Gasteiger partial charge in [-0.25, -0.2) is 0 Å². The zero-order chi connectivity index (χ0) is 17.7. The number of unbranched alkanes of at least 4 members (excludes halogenated alkanes) is 1. The van der Waals surface area contributed by atoms with E-state index in [1.54, 1.807) is 0 Å². The molecule has 0 atom stereocenters. The molecule has 8 heteroatoms. The molecule has 0 spiro atoms. The van der Waals surface area contributed by atoms with Crippen LogP contribution in [0.2, 0.25) is 65.0 Å². The molecular formula is C14H39NO3Si4. The van der Waals surface area contributed by atoms with Crippen LogP contribution in [-0.4, -0.2) is 47.3 Å². The zero-order valence-electron chi connectivity index (χ0n) is 16.6. The highest BCUT2D eigenvalue weighted by Gasteiger charge is 2.49. The molecule has 0 aromatic rings. The van der Waals surface area contributed by atoms with Gasteiger partial charge in [0, 0.05) is 6.04 Å². The van der Waals surface area contributed by atoms with Crippen molar-refractivity contribution in [3.05, 3.63) is 0 Å². The van der Waals surface area contributed by atoms with Crippen LogP contribution < -0.4 is 5.32 Å². The largest absolute Gasteiger partial charge is 0.469 e. The first-order chi connectivity index (χ1) is 9.68. The van der Waals surface area contributed by atoms with Crippen molar-refractivity contribution in [1.29, 1.82) is 0 Å². The molecule has 1 N–H and O–H groups in total. The van der Waals surface area contributed by atoms with Crippen molar-refractivity contribution >= 4 is 33.8 Å². The van der Waals surface area contributed by atoms with Crippen molar-refractivity contribution in [1.82, 2.24) is 5.32 Å². The number of nitrogens with one attached hydrogen (secondary N) is 1. The highest BCUT2D eigenvalue weighted by Crippen LogP contribution is 2.30. The van der Waals surface area contributed by atoms with Gasteiger partial charge in [0.1, 0.15) is 0 Å². The van der Waals surface area contributed by atoms with Crippen LogP contribution in [0.25, 0.3) is 0 Å². The molecular weight excluding hydrogens is 343 g/mol. The van der Waals surface area contributed by atoms with Crippen LogP contribution in [0.1, 0.15) is 12.8 Å². The molecule has 0 aliphatic rings. The van der Waals surface area contributed by atoms with Crippen LogP contribution in [0.3, 0.4) is 0 Å². The first-order valence-corrected chi connectivity index (χ1v) is 20.6. The number of hydrogen-bond donors (Lipinski definition) is 1. The summed E-state index contributed by atoms with van der Waals surface area (Å²) in [6, 6.07) is 0.952. The van der Waals surface area contributed by atoms with Crippen molar-refractivity contribution in [2.45, 2.75) is 77.8 Å². The Balaban J connectivity index is 5.30. The molecule has 0 aromatic carbocycles. The summed E-state index contributed by atoms with van der Waals surface area (Å²) in [6.45, 7) is 21.2. The fourth-order valence-electron chi connectivity index (χ4n) is 2.26. The fourth-order valence-corrected chi connectivity index (χ4v) is 17.0. The maximum absolute atomic E-state index is 6.64. The van der Waals surface area contributed by atoms with Crippen molar-refractivity contribution in [2.75, 3.05) is 13.6 Å². The Hall–Kier alpha value is 0.708. The monoisotopic (exact) mass is 381 g/mol. The summed E-state index contributed by atoms with van der Waals surface area (Å²) >= 11 is 0. The van der Waals surface area contributed by atoms with Gasteiger partial charge in [0.2, 0.25) is 0 Å². The van der Waals surface area contributed by atoms with E-state index in [9.17, 15) is 0 Å². The average molecular weight is 382 g/mol. The van der Waals surface area contributed by atoms with E-state index in [4.69, 9.17) is 12.3 Å². The van der Waals surface area contributed by atoms with Gasteiger partial charge in [-0.2, -0.15) is 0 Å². The molecule has 4 nitrogen and oxygen atoms in total. The Morgan fingerprint density at radius 1 is 0.636 bits per heavy atom. The SMILES string of the molecule is CNCCCC[Si](O[Si](C)(C)C)(O[Si](C)(C)C)O[Si](C)(C)C. The quantitative estimate of drug-likeness (QED) is 0.423. The standard InChI is InChI=1S/C14H39NO3Si4/c1-15-13-11-12-14-22(16-19(2,3)4,17-20(5,6)7)18-21(8,9)10/h15H,11-14H2,1-10H3. The highest BCUT2D eigenvalue weighted by molar-refractivity contribution is 6.90. The van der Waals surface area contributed by atoms with Crippen molar-refractivity contribution in [2.24, 2.45) is 0 Å². The maximum atomic E-state index is 6.64. The molecule has 0 rings (SSSR count). The number of hydrogen-bond acceptors (Lipinski definition) is 4. The van der Waals surface area contributed by atoms with Gasteiger partial charge in [0.15, 0.2) is 25.0 Å². The summed E-state index contributed by atoms with van der Waals surface area (Å²) < 4.78 is 19.9. The normalized spacial score (nSPS) is 14.5. The lowest BCUT2D eigenvalue weighted by atomic mass is 10.3. The van der Waals surface area contributed by atoms with Crippen molar-refractivity contribution < 1.29 is 12.3 Å². The molecule has 0 bridgehead atoms. The van der Waals surface area contributed by atoms with E-state index in [1.165, 1.54) is 0 Å². The third kappa shape index (κ3) is 12.2. The third-order valence-electron chi connectivity index (χ3n) is 2.54. The second-order valence-corrected chi connectivity index (χ2v) is 25.9. The number of rotatable bonds is 11. The Morgan fingerprint density at radius 3 is 1.27 bits per heavy atom. The summed E-state index contributed by atoms with van der Waals surface area (Å²) in [4.78, 5) is 0. The van der Waals surface area contributed by atoms with Crippen molar-refractivity contribution in [3.8, 4) is 0 Å². The Bertz CT molecular complexity index is 281. The molecule has 22 heavy (non-hydrogen) atoms. The highest BCUT2D eigenvalue weighted by atomic mass is 28.5. The lowest BCUT2D eigenvalue weighted by molar-refractivity contribution is 0.250. The summed E-state index contributed by atoms with van der Waals surface area (Å²) in [6.07, 6.45) is 2.25. The lowest BCUT2D eigenvalue weighted by Gasteiger charge is -2.43. The van der Waals surface area contributed by atoms with Gasteiger partial charge in [0.25, 0.3) is 0 Å². The van der Waals surface area contributed by atoms with E-state index in [0.29, 0.717) is 0 Å². The summed E-state index contributed by atoms with van der Waals surface area (Å²) in [7, 11) is -5.75. The molecule has 0 saturated carbocycles. The van der Waals surface area contributed by atoms with Crippen LogP contribution in [0.4, 0.5) is 0 Å².